The lowest BCUT2D eigenvalue weighted by atomic mass is 9.82. The van der Waals surface area contributed by atoms with E-state index < -0.39 is 0 Å². The van der Waals surface area contributed by atoms with Crippen LogP contribution in [0.2, 0.25) is 0 Å². The summed E-state index contributed by atoms with van der Waals surface area (Å²) < 4.78 is 5.00. The number of likely N-dealkylation sites (tertiary alicyclic amines) is 1. The average Bonchev–Trinajstić information content (AvgIpc) is 2.91. The minimum atomic E-state index is -0.00766. The van der Waals surface area contributed by atoms with Crippen molar-refractivity contribution in [2.24, 2.45) is 5.41 Å². The lowest BCUT2D eigenvalue weighted by Crippen LogP contribution is -2.31. The molecule has 110 valence electrons. The number of carbonyl (C=O) groups excluding carboxylic acids is 1. The van der Waals surface area contributed by atoms with Gasteiger partial charge in [0.1, 0.15) is 0 Å². The first-order chi connectivity index (χ1) is 9.55. The van der Waals surface area contributed by atoms with Gasteiger partial charge in [-0.15, -0.1) is 0 Å². The fourth-order valence-corrected chi connectivity index (χ4v) is 2.94. The molecule has 0 bridgehead atoms. The minimum absolute atomic E-state index is 0.00766. The van der Waals surface area contributed by atoms with E-state index in [-0.39, 0.29) is 17.1 Å². The fraction of sp³-hybridized carbons (Fsp3) is 0.562. The number of rotatable bonds is 4. The Balaban J connectivity index is 2.15. The molecule has 2 rings (SSSR count). The van der Waals surface area contributed by atoms with Gasteiger partial charge in [0.05, 0.1) is 7.11 Å². The Morgan fingerprint density at radius 1 is 1.40 bits per heavy atom. The molecule has 1 aliphatic rings. The average molecular weight is 277 g/mol. The summed E-state index contributed by atoms with van der Waals surface area (Å²) >= 11 is 0. The van der Waals surface area contributed by atoms with E-state index in [0.717, 1.165) is 32.4 Å². The number of carbonyl (C=O) groups is 1. The second kappa shape index (κ2) is 5.73. The Labute approximate surface area is 120 Å². The van der Waals surface area contributed by atoms with Gasteiger partial charge < -0.3 is 14.7 Å². The molecule has 0 aromatic heterocycles. The van der Waals surface area contributed by atoms with Crippen molar-refractivity contribution in [3.63, 3.8) is 0 Å². The van der Waals surface area contributed by atoms with Crippen LogP contribution in [0.15, 0.2) is 18.2 Å². The predicted octanol–water partition coefficient (Wildman–Crippen LogP) is 3.05. The van der Waals surface area contributed by atoms with E-state index in [9.17, 15) is 9.90 Å². The summed E-state index contributed by atoms with van der Waals surface area (Å²) in [6.45, 7) is 5.99. The Morgan fingerprint density at radius 3 is 2.60 bits per heavy atom. The van der Waals surface area contributed by atoms with E-state index in [4.69, 9.17) is 4.74 Å². The Hall–Kier alpha value is -1.71. The number of aromatic hydroxyl groups is 1. The number of ether oxygens (including phenoxy) is 1. The van der Waals surface area contributed by atoms with Gasteiger partial charge in [-0.05, 0) is 42.9 Å². The fourth-order valence-electron chi connectivity index (χ4n) is 2.94. The summed E-state index contributed by atoms with van der Waals surface area (Å²) in [6.07, 6.45) is 3.26. The van der Waals surface area contributed by atoms with Gasteiger partial charge in [-0.2, -0.15) is 0 Å². The van der Waals surface area contributed by atoms with Crippen LogP contribution in [0.3, 0.4) is 0 Å². The number of nitrogens with zero attached hydrogens (tertiary/aromatic N) is 1. The molecule has 1 heterocycles. The maximum atomic E-state index is 12.5. The van der Waals surface area contributed by atoms with Crippen LogP contribution in [0.4, 0.5) is 0 Å². The van der Waals surface area contributed by atoms with E-state index in [0.29, 0.717) is 11.3 Å². The minimum Gasteiger partial charge on any atom is -0.504 e. The molecule has 0 saturated carbocycles. The zero-order chi connectivity index (χ0) is 14.8. The van der Waals surface area contributed by atoms with Crippen molar-refractivity contribution in [1.29, 1.82) is 0 Å². The van der Waals surface area contributed by atoms with Gasteiger partial charge in [0.2, 0.25) is 0 Å². The lowest BCUT2D eigenvalue weighted by molar-refractivity contribution is 0.0769. The van der Waals surface area contributed by atoms with Gasteiger partial charge in [-0.3, -0.25) is 4.79 Å². The van der Waals surface area contributed by atoms with Crippen molar-refractivity contribution >= 4 is 5.91 Å². The molecule has 1 N–H and O–H groups in total. The van der Waals surface area contributed by atoms with E-state index >= 15 is 0 Å². The number of hydrogen-bond acceptors (Lipinski definition) is 3. The maximum absolute atomic E-state index is 12.5. The lowest BCUT2D eigenvalue weighted by Gasteiger charge is -2.26. The van der Waals surface area contributed by atoms with Crippen molar-refractivity contribution in [2.75, 3.05) is 20.2 Å². The molecule has 0 spiro atoms. The Morgan fingerprint density at radius 2 is 2.10 bits per heavy atom. The van der Waals surface area contributed by atoms with Crippen LogP contribution < -0.4 is 4.74 Å². The number of benzene rings is 1. The number of methoxy groups -OCH3 is 1. The molecule has 1 aromatic rings. The van der Waals surface area contributed by atoms with E-state index in [1.165, 1.54) is 13.2 Å². The van der Waals surface area contributed by atoms with Crippen molar-refractivity contribution in [3.05, 3.63) is 23.8 Å². The van der Waals surface area contributed by atoms with Gasteiger partial charge in [-0.1, -0.05) is 13.8 Å². The summed E-state index contributed by atoms with van der Waals surface area (Å²) in [5.41, 5.74) is 0.788. The summed E-state index contributed by atoms with van der Waals surface area (Å²) in [7, 11) is 1.49. The van der Waals surface area contributed by atoms with Crippen molar-refractivity contribution in [2.45, 2.75) is 33.1 Å². The third-order valence-corrected chi connectivity index (χ3v) is 4.65. The van der Waals surface area contributed by atoms with Gasteiger partial charge in [0, 0.05) is 18.7 Å². The van der Waals surface area contributed by atoms with Crippen LogP contribution in [0.5, 0.6) is 11.5 Å². The van der Waals surface area contributed by atoms with Crippen LogP contribution in [-0.4, -0.2) is 36.1 Å². The number of phenolic OH excluding ortho intramolecular Hbond substituents is 1. The van der Waals surface area contributed by atoms with E-state index in [1.54, 1.807) is 12.1 Å². The van der Waals surface area contributed by atoms with Crippen molar-refractivity contribution < 1.29 is 14.6 Å². The molecule has 1 saturated heterocycles. The van der Waals surface area contributed by atoms with Gasteiger partial charge in [-0.25, -0.2) is 0 Å². The quantitative estimate of drug-likeness (QED) is 0.920. The highest BCUT2D eigenvalue weighted by molar-refractivity contribution is 5.95. The molecule has 1 fully saturated rings. The van der Waals surface area contributed by atoms with Crippen LogP contribution >= 0.6 is 0 Å². The van der Waals surface area contributed by atoms with Gasteiger partial charge in [0.15, 0.2) is 11.5 Å². The second-order valence-corrected chi connectivity index (χ2v) is 5.57. The van der Waals surface area contributed by atoms with Crippen molar-refractivity contribution in [3.8, 4) is 11.5 Å². The maximum Gasteiger partial charge on any atom is 0.254 e. The van der Waals surface area contributed by atoms with Crippen LogP contribution in [0.25, 0.3) is 0 Å². The van der Waals surface area contributed by atoms with Crippen LogP contribution in [0, 0.1) is 5.41 Å². The van der Waals surface area contributed by atoms with E-state index in [1.807, 2.05) is 4.90 Å². The highest BCUT2D eigenvalue weighted by Gasteiger charge is 2.37. The summed E-state index contributed by atoms with van der Waals surface area (Å²) in [4.78, 5) is 14.4. The molecular formula is C16H23NO3. The molecular weight excluding hydrogens is 254 g/mol. The first-order valence-electron chi connectivity index (χ1n) is 7.21. The van der Waals surface area contributed by atoms with Crippen LogP contribution in [0.1, 0.15) is 43.5 Å². The van der Waals surface area contributed by atoms with Crippen molar-refractivity contribution in [1.82, 2.24) is 4.90 Å². The number of amides is 1. The summed E-state index contributed by atoms with van der Waals surface area (Å²) in [5, 5.41) is 9.78. The molecule has 1 aromatic carbocycles. The molecule has 20 heavy (non-hydrogen) atoms. The van der Waals surface area contributed by atoms with E-state index in [2.05, 4.69) is 13.8 Å². The Kier molecular flexibility index (Phi) is 4.21. The predicted molar refractivity (Wildman–Crippen MR) is 78.2 cm³/mol. The smallest absolute Gasteiger partial charge is 0.254 e. The summed E-state index contributed by atoms with van der Waals surface area (Å²) in [6, 6.07) is 4.82. The first-order valence-corrected chi connectivity index (χ1v) is 7.21. The molecule has 0 atom stereocenters. The highest BCUT2D eigenvalue weighted by Crippen LogP contribution is 2.37. The molecule has 1 amide bonds. The largest absolute Gasteiger partial charge is 0.504 e. The van der Waals surface area contributed by atoms with Gasteiger partial charge >= 0.3 is 0 Å². The molecule has 0 radical (unpaired) electrons. The number of phenols is 1. The third-order valence-electron chi connectivity index (χ3n) is 4.65. The topological polar surface area (TPSA) is 49.8 Å². The normalized spacial score (nSPS) is 17.2. The zero-order valence-corrected chi connectivity index (χ0v) is 12.5. The second-order valence-electron chi connectivity index (χ2n) is 5.57. The molecule has 4 heteroatoms. The highest BCUT2D eigenvalue weighted by atomic mass is 16.5. The van der Waals surface area contributed by atoms with Crippen LogP contribution in [-0.2, 0) is 0 Å². The molecule has 4 nitrogen and oxygen atoms in total. The monoisotopic (exact) mass is 277 g/mol. The molecule has 0 aliphatic carbocycles. The summed E-state index contributed by atoms with van der Waals surface area (Å²) in [5.74, 6) is 0.390. The molecule has 1 aliphatic heterocycles. The number of hydrogen-bond donors (Lipinski definition) is 1. The SMILES string of the molecule is CCC1(CC)CCN(C(=O)c2ccc(OC)c(O)c2)C1. The first kappa shape index (κ1) is 14.7. The molecule has 0 unspecified atom stereocenters. The van der Waals surface area contributed by atoms with Gasteiger partial charge in [0.25, 0.3) is 5.91 Å². The Bertz CT molecular complexity index is 494. The third kappa shape index (κ3) is 2.60. The zero-order valence-electron chi connectivity index (χ0n) is 12.5. The standard InChI is InChI=1S/C16H23NO3/c1-4-16(5-2)8-9-17(11-16)15(19)12-6-7-14(20-3)13(18)10-12/h6-7,10,18H,4-5,8-9,11H2,1-3H3.